The maximum absolute atomic E-state index is 3.51. The van der Waals surface area contributed by atoms with Crippen LogP contribution in [-0.2, 0) is 0 Å². The Bertz CT molecular complexity index is 162. The summed E-state index contributed by atoms with van der Waals surface area (Å²) in [6, 6.07) is 0.892. The Morgan fingerprint density at radius 2 is 1.88 bits per heavy atom. The van der Waals surface area contributed by atoms with Crippen molar-refractivity contribution in [2.24, 2.45) is 5.92 Å². The fourth-order valence-electron chi connectivity index (χ4n) is 2.53. The average molecular weight is 226 g/mol. The van der Waals surface area contributed by atoms with Crippen LogP contribution in [0, 0.1) is 5.92 Å². The molecular weight excluding hydrogens is 196 g/mol. The summed E-state index contributed by atoms with van der Waals surface area (Å²) in [5.74, 6) is 0.779. The van der Waals surface area contributed by atoms with E-state index in [2.05, 4.69) is 31.1 Å². The van der Waals surface area contributed by atoms with Gasteiger partial charge in [-0.2, -0.15) is 0 Å². The maximum Gasteiger partial charge on any atom is 0.00922 e. The first-order chi connectivity index (χ1) is 7.70. The second kappa shape index (κ2) is 8.08. The van der Waals surface area contributed by atoms with Gasteiger partial charge in [-0.15, -0.1) is 0 Å². The second-order valence-corrected chi connectivity index (χ2v) is 5.72. The van der Waals surface area contributed by atoms with Crippen molar-refractivity contribution in [3.63, 3.8) is 0 Å². The monoisotopic (exact) mass is 226 g/mol. The van der Waals surface area contributed by atoms with Crippen molar-refractivity contribution < 1.29 is 0 Å². The number of nitrogens with zero attached hydrogens (tertiary/aromatic N) is 1. The summed E-state index contributed by atoms with van der Waals surface area (Å²) in [4.78, 5) is 2.58. The third-order valence-electron chi connectivity index (χ3n) is 3.62. The Hall–Kier alpha value is -0.0800. The second-order valence-electron chi connectivity index (χ2n) is 5.72. The number of unbranched alkanes of at least 4 members (excludes halogenated alkanes) is 1. The molecule has 0 atom stereocenters. The van der Waals surface area contributed by atoms with E-state index in [1.807, 2.05) is 0 Å². The van der Waals surface area contributed by atoms with E-state index < -0.39 is 0 Å². The third-order valence-corrected chi connectivity index (χ3v) is 3.62. The van der Waals surface area contributed by atoms with Crippen LogP contribution >= 0.6 is 0 Å². The van der Waals surface area contributed by atoms with E-state index in [1.54, 1.807) is 0 Å². The standard InChI is InChI=1S/C14H30N2/c1-13(2)12-15-10-6-7-11-16(3)14-8-4-5-9-14/h13-15H,4-12H2,1-3H3. The van der Waals surface area contributed by atoms with Gasteiger partial charge in [0.05, 0.1) is 0 Å². The van der Waals surface area contributed by atoms with Crippen molar-refractivity contribution in [1.29, 1.82) is 0 Å². The zero-order valence-electron chi connectivity index (χ0n) is 11.5. The van der Waals surface area contributed by atoms with Gasteiger partial charge in [0, 0.05) is 6.04 Å². The number of nitrogens with one attached hydrogen (secondary N) is 1. The zero-order chi connectivity index (χ0) is 11.8. The molecule has 0 aromatic rings. The Balaban J connectivity index is 1.90. The van der Waals surface area contributed by atoms with Gasteiger partial charge in [0.25, 0.3) is 0 Å². The Morgan fingerprint density at radius 3 is 2.50 bits per heavy atom. The summed E-state index contributed by atoms with van der Waals surface area (Å²) in [5, 5.41) is 3.51. The summed E-state index contributed by atoms with van der Waals surface area (Å²) >= 11 is 0. The molecule has 2 heteroatoms. The lowest BCUT2D eigenvalue weighted by molar-refractivity contribution is 0.240. The maximum atomic E-state index is 3.51. The molecule has 1 rings (SSSR count). The topological polar surface area (TPSA) is 15.3 Å². The molecule has 1 aliphatic rings. The minimum atomic E-state index is 0.779. The van der Waals surface area contributed by atoms with E-state index in [4.69, 9.17) is 0 Å². The number of hydrogen-bond acceptors (Lipinski definition) is 2. The molecular formula is C14H30N2. The first-order valence-corrected chi connectivity index (χ1v) is 7.11. The fourth-order valence-corrected chi connectivity index (χ4v) is 2.53. The molecule has 0 aliphatic heterocycles. The summed E-state index contributed by atoms with van der Waals surface area (Å²) < 4.78 is 0. The first kappa shape index (κ1) is 14.0. The molecule has 0 aromatic carbocycles. The highest BCUT2D eigenvalue weighted by molar-refractivity contribution is 4.74. The highest BCUT2D eigenvalue weighted by atomic mass is 15.1. The molecule has 0 bridgehead atoms. The molecule has 1 fully saturated rings. The molecule has 1 N–H and O–H groups in total. The van der Waals surface area contributed by atoms with Crippen LogP contribution in [0.4, 0.5) is 0 Å². The van der Waals surface area contributed by atoms with Crippen LogP contribution < -0.4 is 5.32 Å². The highest BCUT2D eigenvalue weighted by Gasteiger charge is 2.18. The first-order valence-electron chi connectivity index (χ1n) is 7.11. The molecule has 0 unspecified atom stereocenters. The van der Waals surface area contributed by atoms with Crippen molar-refractivity contribution in [2.75, 3.05) is 26.7 Å². The quantitative estimate of drug-likeness (QED) is 0.640. The minimum absolute atomic E-state index is 0.779. The van der Waals surface area contributed by atoms with E-state index in [1.165, 1.54) is 58.2 Å². The van der Waals surface area contributed by atoms with Crippen LogP contribution in [0.1, 0.15) is 52.4 Å². The lowest BCUT2D eigenvalue weighted by Gasteiger charge is -2.23. The van der Waals surface area contributed by atoms with Crippen molar-refractivity contribution in [3.05, 3.63) is 0 Å². The lowest BCUT2D eigenvalue weighted by Crippen LogP contribution is -2.30. The van der Waals surface area contributed by atoms with Gasteiger partial charge in [0.1, 0.15) is 0 Å². The molecule has 16 heavy (non-hydrogen) atoms. The molecule has 0 radical (unpaired) electrons. The van der Waals surface area contributed by atoms with E-state index in [9.17, 15) is 0 Å². The molecule has 96 valence electrons. The summed E-state index contributed by atoms with van der Waals surface area (Å²) in [7, 11) is 2.30. The predicted molar refractivity (Wildman–Crippen MR) is 71.8 cm³/mol. The van der Waals surface area contributed by atoms with Crippen LogP contribution in [0.3, 0.4) is 0 Å². The molecule has 0 spiro atoms. The predicted octanol–water partition coefficient (Wildman–Crippen LogP) is 2.89. The van der Waals surface area contributed by atoms with Crippen molar-refractivity contribution in [1.82, 2.24) is 10.2 Å². The van der Waals surface area contributed by atoms with E-state index >= 15 is 0 Å². The van der Waals surface area contributed by atoms with Crippen LogP contribution in [-0.4, -0.2) is 37.6 Å². The molecule has 1 saturated carbocycles. The van der Waals surface area contributed by atoms with Crippen LogP contribution in [0.15, 0.2) is 0 Å². The lowest BCUT2D eigenvalue weighted by atomic mass is 10.2. The molecule has 0 aromatic heterocycles. The summed E-state index contributed by atoms with van der Waals surface area (Å²) in [6.45, 7) is 8.17. The normalized spacial score (nSPS) is 17.8. The van der Waals surface area contributed by atoms with Crippen molar-refractivity contribution in [2.45, 2.75) is 58.4 Å². The van der Waals surface area contributed by atoms with Crippen LogP contribution in [0.25, 0.3) is 0 Å². The highest BCUT2D eigenvalue weighted by Crippen LogP contribution is 2.22. The van der Waals surface area contributed by atoms with E-state index in [0.29, 0.717) is 0 Å². The minimum Gasteiger partial charge on any atom is -0.316 e. The number of hydrogen-bond donors (Lipinski definition) is 1. The summed E-state index contributed by atoms with van der Waals surface area (Å²) in [5.41, 5.74) is 0. The van der Waals surface area contributed by atoms with Gasteiger partial charge in [-0.05, 0) is 58.3 Å². The number of rotatable bonds is 8. The molecule has 0 heterocycles. The Labute approximate surface area is 102 Å². The van der Waals surface area contributed by atoms with E-state index in [-0.39, 0.29) is 0 Å². The smallest absolute Gasteiger partial charge is 0.00922 e. The van der Waals surface area contributed by atoms with Gasteiger partial charge in [-0.25, -0.2) is 0 Å². The average Bonchev–Trinajstić information content (AvgIpc) is 2.75. The third kappa shape index (κ3) is 5.86. The van der Waals surface area contributed by atoms with Crippen LogP contribution in [0.5, 0.6) is 0 Å². The Kier molecular flexibility index (Phi) is 7.06. The Morgan fingerprint density at radius 1 is 1.19 bits per heavy atom. The van der Waals surface area contributed by atoms with Crippen molar-refractivity contribution in [3.8, 4) is 0 Å². The van der Waals surface area contributed by atoms with Gasteiger partial charge in [0.15, 0.2) is 0 Å². The van der Waals surface area contributed by atoms with Gasteiger partial charge < -0.3 is 10.2 Å². The van der Waals surface area contributed by atoms with E-state index in [0.717, 1.165) is 12.0 Å². The zero-order valence-corrected chi connectivity index (χ0v) is 11.5. The van der Waals surface area contributed by atoms with Gasteiger partial charge >= 0.3 is 0 Å². The summed E-state index contributed by atoms with van der Waals surface area (Å²) in [6.07, 6.45) is 8.43. The molecule has 2 nitrogen and oxygen atoms in total. The molecule has 0 saturated heterocycles. The largest absolute Gasteiger partial charge is 0.316 e. The van der Waals surface area contributed by atoms with Gasteiger partial charge in [-0.1, -0.05) is 26.7 Å². The molecule has 0 amide bonds. The van der Waals surface area contributed by atoms with Crippen molar-refractivity contribution >= 4 is 0 Å². The fraction of sp³-hybridized carbons (Fsp3) is 1.00. The van der Waals surface area contributed by atoms with Gasteiger partial charge in [0.2, 0.25) is 0 Å². The van der Waals surface area contributed by atoms with Gasteiger partial charge in [-0.3, -0.25) is 0 Å². The molecule has 1 aliphatic carbocycles. The SMILES string of the molecule is CC(C)CNCCCCN(C)C1CCCC1. The van der Waals surface area contributed by atoms with Crippen LogP contribution in [0.2, 0.25) is 0 Å².